The van der Waals surface area contributed by atoms with E-state index in [-0.39, 0.29) is 0 Å². The van der Waals surface area contributed by atoms with Crippen LogP contribution in [0.4, 0.5) is 11.6 Å². The van der Waals surface area contributed by atoms with Gasteiger partial charge in [0.2, 0.25) is 0 Å². The van der Waals surface area contributed by atoms with Crippen LogP contribution in [-0.2, 0) is 0 Å². The van der Waals surface area contributed by atoms with E-state index in [2.05, 4.69) is 29.0 Å². The van der Waals surface area contributed by atoms with Gasteiger partial charge < -0.3 is 16.0 Å². The molecule has 0 aromatic carbocycles. The number of anilines is 2. The summed E-state index contributed by atoms with van der Waals surface area (Å²) < 4.78 is 0. The van der Waals surface area contributed by atoms with E-state index < -0.39 is 0 Å². The fourth-order valence-corrected chi connectivity index (χ4v) is 1.64. The van der Waals surface area contributed by atoms with Gasteiger partial charge in [-0.1, -0.05) is 19.9 Å². The summed E-state index contributed by atoms with van der Waals surface area (Å²) in [5.41, 5.74) is 5.60. The Kier molecular flexibility index (Phi) is 5.64. The van der Waals surface area contributed by atoms with Gasteiger partial charge in [-0.2, -0.15) is 0 Å². The molecular formula is C12H22N4. The Labute approximate surface area is 97.9 Å². The number of hydrogen-bond donors (Lipinski definition) is 2. The molecule has 1 rings (SSSR count). The van der Waals surface area contributed by atoms with Crippen LogP contribution in [0.2, 0.25) is 0 Å². The summed E-state index contributed by atoms with van der Waals surface area (Å²) in [6, 6.07) is 5.64. The van der Waals surface area contributed by atoms with Gasteiger partial charge in [0.1, 0.15) is 11.6 Å². The highest BCUT2D eigenvalue weighted by atomic mass is 15.1. The molecular weight excluding hydrogens is 200 g/mol. The predicted molar refractivity (Wildman–Crippen MR) is 69.5 cm³/mol. The monoisotopic (exact) mass is 222 g/mol. The zero-order valence-corrected chi connectivity index (χ0v) is 10.2. The minimum absolute atomic E-state index is 0.561. The van der Waals surface area contributed by atoms with E-state index in [0.29, 0.717) is 5.82 Å². The molecule has 0 fully saturated rings. The molecule has 0 amide bonds. The first kappa shape index (κ1) is 12.8. The molecule has 90 valence electrons. The van der Waals surface area contributed by atoms with Crippen molar-refractivity contribution in [2.24, 2.45) is 0 Å². The maximum absolute atomic E-state index is 5.60. The first-order valence-electron chi connectivity index (χ1n) is 5.95. The van der Waals surface area contributed by atoms with Gasteiger partial charge in [-0.15, -0.1) is 0 Å². The molecule has 0 radical (unpaired) electrons. The minimum atomic E-state index is 0.561. The van der Waals surface area contributed by atoms with E-state index in [1.165, 1.54) is 6.42 Å². The second-order valence-electron chi connectivity index (χ2n) is 3.81. The number of rotatable bonds is 7. The van der Waals surface area contributed by atoms with Gasteiger partial charge in [0.15, 0.2) is 0 Å². The molecule has 0 saturated carbocycles. The minimum Gasteiger partial charge on any atom is -0.384 e. The average molecular weight is 222 g/mol. The van der Waals surface area contributed by atoms with E-state index in [0.717, 1.165) is 32.0 Å². The van der Waals surface area contributed by atoms with E-state index >= 15 is 0 Å². The lowest BCUT2D eigenvalue weighted by Crippen LogP contribution is -2.29. The lowest BCUT2D eigenvalue weighted by atomic mass is 10.4. The van der Waals surface area contributed by atoms with Crippen molar-refractivity contribution in [2.75, 3.05) is 37.2 Å². The zero-order valence-electron chi connectivity index (χ0n) is 10.2. The molecule has 0 bridgehead atoms. The average Bonchev–Trinajstić information content (AvgIpc) is 2.28. The number of nitrogen functional groups attached to an aromatic ring is 1. The summed E-state index contributed by atoms with van der Waals surface area (Å²) in [6.07, 6.45) is 1.20. The third-order valence-electron chi connectivity index (χ3n) is 2.49. The smallest absolute Gasteiger partial charge is 0.128 e. The molecule has 0 aliphatic heterocycles. The Bertz CT molecular complexity index is 301. The van der Waals surface area contributed by atoms with Crippen LogP contribution >= 0.6 is 0 Å². The Morgan fingerprint density at radius 3 is 2.75 bits per heavy atom. The SMILES string of the molecule is CCCN(CC)CCNc1cccc(N)n1. The van der Waals surface area contributed by atoms with Gasteiger partial charge >= 0.3 is 0 Å². The molecule has 1 heterocycles. The lowest BCUT2D eigenvalue weighted by molar-refractivity contribution is 0.300. The Balaban J connectivity index is 2.29. The van der Waals surface area contributed by atoms with E-state index in [4.69, 9.17) is 5.73 Å². The van der Waals surface area contributed by atoms with Crippen molar-refractivity contribution in [3.63, 3.8) is 0 Å². The Hall–Kier alpha value is -1.29. The third-order valence-corrected chi connectivity index (χ3v) is 2.49. The highest BCUT2D eigenvalue weighted by molar-refractivity contribution is 5.42. The molecule has 1 aromatic heterocycles. The predicted octanol–water partition coefficient (Wildman–Crippen LogP) is 1.81. The zero-order chi connectivity index (χ0) is 11.8. The standard InChI is InChI=1S/C12H22N4/c1-3-9-16(4-2)10-8-14-12-7-5-6-11(13)15-12/h5-7H,3-4,8-10H2,1-2H3,(H3,13,14,15). The van der Waals surface area contributed by atoms with E-state index in [9.17, 15) is 0 Å². The van der Waals surface area contributed by atoms with Crippen molar-refractivity contribution < 1.29 is 0 Å². The summed E-state index contributed by atoms with van der Waals surface area (Å²) in [5, 5.41) is 3.28. The van der Waals surface area contributed by atoms with Crippen LogP contribution in [0.15, 0.2) is 18.2 Å². The van der Waals surface area contributed by atoms with Crippen LogP contribution in [-0.4, -0.2) is 36.1 Å². The molecule has 0 saturated heterocycles. The molecule has 0 aliphatic carbocycles. The first-order chi connectivity index (χ1) is 7.76. The van der Waals surface area contributed by atoms with Crippen molar-refractivity contribution in [3.05, 3.63) is 18.2 Å². The van der Waals surface area contributed by atoms with Crippen LogP contribution in [0.5, 0.6) is 0 Å². The van der Waals surface area contributed by atoms with Crippen LogP contribution < -0.4 is 11.1 Å². The Morgan fingerprint density at radius 1 is 1.31 bits per heavy atom. The maximum Gasteiger partial charge on any atom is 0.128 e. The lowest BCUT2D eigenvalue weighted by Gasteiger charge is -2.19. The quantitative estimate of drug-likeness (QED) is 0.738. The molecule has 0 unspecified atom stereocenters. The normalized spacial score (nSPS) is 10.7. The number of nitrogens with zero attached hydrogens (tertiary/aromatic N) is 2. The molecule has 16 heavy (non-hydrogen) atoms. The summed E-state index contributed by atoms with van der Waals surface area (Å²) in [7, 11) is 0. The van der Waals surface area contributed by atoms with Crippen molar-refractivity contribution >= 4 is 11.6 Å². The van der Waals surface area contributed by atoms with Crippen molar-refractivity contribution in [3.8, 4) is 0 Å². The molecule has 3 N–H and O–H groups in total. The van der Waals surface area contributed by atoms with Crippen LogP contribution in [0.25, 0.3) is 0 Å². The fraction of sp³-hybridized carbons (Fsp3) is 0.583. The molecule has 0 atom stereocenters. The molecule has 0 aliphatic rings. The summed E-state index contributed by atoms with van der Waals surface area (Å²) in [4.78, 5) is 6.61. The Morgan fingerprint density at radius 2 is 2.12 bits per heavy atom. The number of hydrogen-bond acceptors (Lipinski definition) is 4. The van der Waals surface area contributed by atoms with Crippen LogP contribution in [0.1, 0.15) is 20.3 Å². The second-order valence-corrected chi connectivity index (χ2v) is 3.81. The van der Waals surface area contributed by atoms with Crippen molar-refractivity contribution in [2.45, 2.75) is 20.3 Å². The van der Waals surface area contributed by atoms with Crippen LogP contribution in [0.3, 0.4) is 0 Å². The van der Waals surface area contributed by atoms with E-state index in [1.54, 1.807) is 6.07 Å². The van der Waals surface area contributed by atoms with Crippen molar-refractivity contribution in [1.29, 1.82) is 0 Å². The number of pyridine rings is 1. The van der Waals surface area contributed by atoms with Gasteiger partial charge in [-0.25, -0.2) is 4.98 Å². The molecule has 0 spiro atoms. The second kappa shape index (κ2) is 7.06. The number of nitrogens with two attached hydrogens (primary N) is 1. The van der Waals surface area contributed by atoms with Gasteiger partial charge in [-0.3, -0.25) is 0 Å². The van der Waals surface area contributed by atoms with Gasteiger partial charge in [0.05, 0.1) is 0 Å². The van der Waals surface area contributed by atoms with Gasteiger partial charge in [0.25, 0.3) is 0 Å². The molecule has 1 aromatic rings. The van der Waals surface area contributed by atoms with Gasteiger partial charge in [-0.05, 0) is 31.6 Å². The van der Waals surface area contributed by atoms with Gasteiger partial charge in [0, 0.05) is 13.1 Å². The molecule has 4 heteroatoms. The van der Waals surface area contributed by atoms with Crippen molar-refractivity contribution in [1.82, 2.24) is 9.88 Å². The third kappa shape index (κ3) is 4.49. The van der Waals surface area contributed by atoms with E-state index in [1.807, 2.05) is 12.1 Å². The number of nitrogens with one attached hydrogen (secondary N) is 1. The highest BCUT2D eigenvalue weighted by Gasteiger charge is 2.00. The number of likely N-dealkylation sites (N-methyl/N-ethyl adjacent to an activating group) is 1. The number of aromatic nitrogens is 1. The first-order valence-corrected chi connectivity index (χ1v) is 5.95. The van der Waals surface area contributed by atoms with Crippen LogP contribution in [0, 0.1) is 0 Å². The maximum atomic E-state index is 5.60. The largest absolute Gasteiger partial charge is 0.384 e. The topological polar surface area (TPSA) is 54.2 Å². The summed E-state index contributed by atoms with van der Waals surface area (Å²) in [6.45, 7) is 8.59. The highest BCUT2D eigenvalue weighted by Crippen LogP contribution is 2.05. The molecule has 4 nitrogen and oxygen atoms in total. The fourth-order valence-electron chi connectivity index (χ4n) is 1.64. The summed E-state index contributed by atoms with van der Waals surface area (Å²) >= 11 is 0. The summed E-state index contributed by atoms with van der Waals surface area (Å²) in [5.74, 6) is 1.42.